The maximum Gasteiger partial charge on any atom is 0.319 e. The second-order valence-corrected chi connectivity index (χ2v) is 5.41. The second kappa shape index (κ2) is 5.40. The monoisotopic (exact) mass is 247 g/mol. The van der Waals surface area contributed by atoms with Crippen LogP contribution < -0.4 is 16.0 Å². The van der Waals surface area contributed by atoms with Gasteiger partial charge in [0.1, 0.15) is 0 Å². The molecule has 0 spiro atoms. The molecule has 4 heteroatoms. The van der Waals surface area contributed by atoms with Crippen LogP contribution in [-0.4, -0.2) is 25.7 Å². The summed E-state index contributed by atoms with van der Waals surface area (Å²) in [5.41, 5.74) is 2.16. The third-order valence-corrected chi connectivity index (χ3v) is 3.41. The number of anilines is 1. The summed E-state index contributed by atoms with van der Waals surface area (Å²) >= 11 is 0. The molecule has 4 nitrogen and oxygen atoms in total. The Kier molecular flexibility index (Phi) is 3.87. The Morgan fingerprint density at radius 2 is 2.33 bits per heavy atom. The number of nitrogens with one attached hydrogen (secondary N) is 3. The van der Waals surface area contributed by atoms with Gasteiger partial charge in [0.05, 0.1) is 0 Å². The van der Waals surface area contributed by atoms with E-state index in [1.807, 2.05) is 31.2 Å². The molecule has 0 saturated carbocycles. The lowest BCUT2D eigenvalue weighted by Crippen LogP contribution is -2.39. The highest BCUT2D eigenvalue weighted by atomic mass is 16.2. The van der Waals surface area contributed by atoms with Gasteiger partial charge < -0.3 is 16.0 Å². The third kappa shape index (κ3) is 3.47. The van der Waals surface area contributed by atoms with Crippen molar-refractivity contribution in [3.8, 4) is 0 Å². The van der Waals surface area contributed by atoms with Crippen molar-refractivity contribution in [3.63, 3.8) is 0 Å². The van der Waals surface area contributed by atoms with Gasteiger partial charge in [0.15, 0.2) is 0 Å². The first kappa shape index (κ1) is 12.9. The van der Waals surface area contributed by atoms with Crippen LogP contribution in [0.25, 0.3) is 0 Å². The molecule has 1 aromatic carbocycles. The average Bonchev–Trinajstić information content (AvgIpc) is 2.74. The molecule has 3 N–H and O–H groups in total. The fourth-order valence-corrected chi connectivity index (χ4v) is 2.21. The number of carbonyl (C=O) groups is 1. The van der Waals surface area contributed by atoms with Gasteiger partial charge >= 0.3 is 6.03 Å². The van der Waals surface area contributed by atoms with Gasteiger partial charge in [-0.05, 0) is 43.0 Å². The van der Waals surface area contributed by atoms with E-state index in [2.05, 4.69) is 22.9 Å². The molecule has 0 aromatic heterocycles. The largest absolute Gasteiger partial charge is 0.337 e. The highest BCUT2D eigenvalue weighted by Crippen LogP contribution is 2.22. The molecular weight excluding hydrogens is 226 g/mol. The predicted molar refractivity (Wildman–Crippen MR) is 73.8 cm³/mol. The summed E-state index contributed by atoms with van der Waals surface area (Å²) in [4.78, 5) is 11.8. The summed E-state index contributed by atoms with van der Waals surface area (Å²) in [6.07, 6.45) is 1.11. The highest BCUT2D eigenvalue weighted by molar-refractivity contribution is 5.89. The van der Waals surface area contributed by atoms with Gasteiger partial charge in [-0.1, -0.05) is 19.1 Å². The number of benzene rings is 1. The van der Waals surface area contributed by atoms with E-state index in [9.17, 15) is 4.79 Å². The normalized spacial score (nSPS) is 22.8. The van der Waals surface area contributed by atoms with E-state index in [0.717, 1.165) is 30.8 Å². The predicted octanol–water partition coefficient (Wildman–Crippen LogP) is 2.12. The minimum absolute atomic E-state index is 0.131. The topological polar surface area (TPSA) is 53.2 Å². The third-order valence-electron chi connectivity index (χ3n) is 3.41. The Hall–Kier alpha value is -1.55. The lowest BCUT2D eigenvalue weighted by molar-refractivity contribution is 0.245. The van der Waals surface area contributed by atoms with Crippen molar-refractivity contribution in [2.75, 3.05) is 25.0 Å². The van der Waals surface area contributed by atoms with Crippen molar-refractivity contribution >= 4 is 11.7 Å². The molecule has 1 aromatic rings. The van der Waals surface area contributed by atoms with Crippen molar-refractivity contribution in [3.05, 3.63) is 29.8 Å². The van der Waals surface area contributed by atoms with E-state index in [1.54, 1.807) is 0 Å². The molecule has 2 rings (SSSR count). The first-order valence-electron chi connectivity index (χ1n) is 6.40. The van der Waals surface area contributed by atoms with Crippen LogP contribution in [-0.2, 0) is 0 Å². The standard InChI is InChI=1S/C14H21N3O/c1-11-4-3-5-12(8-11)17-13(18)16-10-14(2)6-7-15-9-14/h3-5,8,15H,6-7,9-10H2,1-2H3,(H2,16,17,18). The van der Waals surface area contributed by atoms with Crippen LogP contribution in [0.4, 0.5) is 10.5 Å². The fourth-order valence-electron chi connectivity index (χ4n) is 2.21. The number of urea groups is 1. The maximum atomic E-state index is 11.8. The Morgan fingerprint density at radius 3 is 3.00 bits per heavy atom. The number of carbonyl (C=O) groups excluding carboxylic acids is 1. The summed E-state index contributed by atoms with van der Waals surface area (Å²) in [6, 6.07) is 7.67. The number of hydrogen-bond donors (Lipinski definition) is 3. The molecule has 1 atom stereocenters. The minimum atomic E-state index is -0.131. The summed E-state index contributed by atoms with van der Waals surface area (Å²) in [5.74, 6) is 0. The zero-order valence-electron chi connectivity index (χ0n) is 11.0. The van der Waals surface area contributed by atoms with Crippen molar-refractivity contribution in [2.45, 2.75) is 20.3 Å². The molecule has 1 aliphatic heterocycles. The lowest BCUT2D eigenvalue weighted by Gasteiger charge is -2.22. The first-order chi connectivity index (χ1) is 8.57. The van der Waals surface area contributed by atoms with E-state index < -0.39 is 0 Å². The molecule has 1 aliphatic rings. The molecule has 0 bridgehead atoms. The quantitative estimate of drug-likeness (QED) is 0.766. The Labute approximate surface area is 108 Å². The summed E-state index contributed by atoms with van der Waals surface area (Å²) in [5, 5.41) is 9.12. The molecule has 2 amide bonds. The fraction of sp³-hybridized carbons (Fsp3) is 0.500. The van der Waals surface area contributed by atoms with E-state index in [1.165, 1.54) is 0 Å². The van der Waals surface area contributed by atoms with Crippen LogP contribution >= 0.6 is 0 Å². The highest BCUT2D eigenvalue weighted by Gasteiger charge is 2.28. The molecule has 0 radical (unpaired) electrons. The van der Waals surface area contributed by atoms with Crippen molar-refractivity contribution < 1.29 is 4.79 Å². The van der Waals surface area contributed by atoms with Crippen LogP contribution in [0.2, 0.25) is 0 Å². The molecule has 18 heavy (non-hydrogen) atoms. The summed E-state index contributed by atoms with van der Waals surface area (Å²) in [7, 11) is 0. The van der Waals surface area contributed by atoms with E-state index >= 15 is 0 Å². The van der Waals surface area contributed by atoms with Crippen LogP contribution in [0.15, 0.2) is 24.3 Å². The van der Waals surface area contributed by atoms with Crippen LogP contribution in [0.5, 0.6) is 0 Å². The minimum Gasteiger partial charge on any atom is -0.337 e. The van der Waals surface area contributed by atoms with Gasteiger partial charge in [0.2, 0.25) is 0 Å². The maximum absolute atomic E-state index is 11.8. The number of aryl methyl sites for hydroxylation is 1. The zero-order chi connectivity index (χ0) is 13.0. The molecule has 1 saturated heterocycles. The Morgan fingerprint density at radius 1 is 1.50 bits per heavy atom. The van der Waals surface area contributed by atoms with Gasteiger partial charge in [0, 0.05) is 18.8 Å². The molecule has 1 heterocycles. The molecular formula is C14H21N3O. The van der Waals surface area contributed by atoms with E-state index in [0.29, 0.717) is 6.54 Å². The van der Waals surface area contributed by atoms with Crippen LogP contribution in [0.3, 0.4) is 0 Å². The van der Waals surface area contributed by atoms with Crippen LogP contribution in [0.1, 0.15) is 18.9 Å². The number of hydrogen-bond acceptors (Lipinski definition) is 2. The number of rotatable bonds is 3. The van der Waals surface area contributed by atoms with Crippen molar-refractivity contribution in [2.24, 2.45) is 5.41 Å². The van der Waals surface area contributed by atoms with Crippen molar-refractivity contribution in [1.29, 1.82) is 0 Å². The molecule has 1 fully saturated rings. The molecule has 1 unspecified atom stereocenters. The summed E-state index contributed by atoms with van der Waals surface area (Å²) < 4.78 is 0. The number of amides is 2. The molecule has 0 aliphatic carbocycles. The Balaban J connectivity index is 1.82. The summed E-state index contributed by atoms with van der Waals surface area (Å²) in [6.45, 7) is 6.92. The smallest absolute Gasteiger partial charge is 0.319 e. The average molecular weight is 247 g/mol. The lowest BCUT2D eigenvalue weighted by atomic mass is 9.90. The van der Waals surface area contributed by atoms with Gasteiger partial charge in [-0.15, -0.1) is 0 Å². The van der Waals surface area contributed by atoms with Gasteiger partial charge in [0.25, 0.3) is 0 Å². The first-order valence-corrected chi connectivity index (χ1v) is 6.40. The molecule has 98 valence electrons. The van der Waals surface area contributed by atoms with E-state index in [-0.39, 0.29) is 11.4 Å². The van der Waals surface area contributed by atoms with Gasteiger partial charge in [-0.25, -0.2) is 4.79 Å². The van der Waals surface area contributed by atoms with Crippen molar-refractivity contribution in [1.82, 2.24) is 10.6 Å². The van der Waals surface area contributed by atoms with Gasteiger partial charge in [-0.2, -0.15) is 0 Å². The zero-order valence-corrected chi connectivity index (χ0v) is 11.0. The van der Waals surface area contributed by atoms with Gasteiger partial charge in [-0.3, -0.25) is 0 Å². The Bertz CT molecular complexity index is 425. The second-order valence-electron chi connectivity index (χ2n) is 5.41. The van der Waals surface area contributed by atoms with E-state index in [4.69, 9.17) is 0 Å². The SMILES string of the molecule is Cc1cccc(NC(=O)NCC2(C)CCNC2)c1. The van der Waals surface area contributed by atoms with Crippen LogP contribution in [0, 0.1) is 12.3 Å².